The van der Waals surface area contributed by atoms with E-state index in [1.54, 1.807) is 0 Å². The molecule has 0 fully saturated rings. The van der Waals surface area contributed by atoms with E-state index < -0.39 is 25.5 Å². The average molecular weight is 289 g/mol. The number of nitro benzene ring substituents is 1. The first-order chi connectivity index (χ1) is 8.90. The highest BCUT2D eigenvalue weighted by molar-refractivity contribution is 7.89. The molecule has 8 nitrogen and oxygen atoms in total. The Balaban J connectivity index is 3.01. The van der Waals surface area contributed by atoms with Gasteiger partial charge in [-0.3, -0.25) is 10.1 Å². The van der Waals surface area contributed by atoms with Crippen LogP contribution in [-0.2, 0) is 14.8 Å². The van der Waals surface area contributed by atoms with Gasteiger partial charge < -0.3 is 10.5 Å². The molecule has 9 heteroatoms. The van der Waals surface area contributed by atoms with Crippen LogP contribution in [0, 0.1) is 10.1 Å². The zero-order valence-corrected chi connectivity index (χ0v) is 11.1. The molecule has 3 N–H and O–H groups in total. The fourth-order valence-electron chi connectivity index (χ4n) is 1.45. The number of nitrogens with zero attached hydrogens (tertiary/aromatic N) is 1. The van der Waals surface area contributed by atoms with E-state index >= 15 is 0 Å². The third-order valence-electron chi connectivity index (χ3n) is 2.32. The molecule has 0 aliphatic rings. The van der Waals surface area contributed by atoms with E-state index in [0.717, 1.165) is 6.07 Å². The number of sulfonamides is 1. The summed E-state index contributed by atoms with van der Waals surface area (Å²) >= 11 is 0. The minimum Gasteiger partial charge on any atom is -0.393 e. The number of ether oxygens (including phenoxy) is 1. The van der Waals surface area contributed by atoms with Crippen molar-refractivity contribution in [3.63, 3.8) is 0 Å². The molecule has 0 atom stereocenters. The van der Waals surface area contributed by atoms with Crippen LogP contribution < -0.4 is 10.5 Å². The maximum Gasteiger partial charge on any atom is 0.312 e. The largest absolute Gasteiger partial charge is 0.393 e. The van der Waals surface area contributed by atoms with Crippen LogP contribution in [0.25, 0.3) is 0 Å². The molecular weight excluding hydrogens is 274 g/mol. The molecule has 0 aliphatic carbocycles. The smallest absolute Gasteiger partial charge is 0.312 e. The van der Waals surface area contributed by atoms with Crippen molar-refractivity contribution in [2.24, 2.45) is 0 Å². The van der Waals surface area contributed by atoms with Crippen LogP contribution >= 0.6 is 0 Å². The fraction of sp³-hybridized carbons (Fsp3) is 0.400. The molecule has 0 saturated heterocycles. The number of benzene rings is 1. The van der Waals surface area contributed by atoms with Gasteiger partial charge in [-0.05, 0) is 18.6 Å². The molecule has 0 aromatic heterocycles. The third kappa shape index (κ3) is 3.88. The van der Waals surface area contributed by atoms with E-state index in [1.165, 1.54) is 19.2 Å². The van der Waals surface area contributed by atoms with E-state index in [0.29, 0.717) is 13.0 Å². The molecule has 0 radical (unpaired) electrons. The summed E-state index contributed by atoms with van der Waals surface area (Å²) in [5, 5.41) is 10.9. The van der Waals surface area contributed by atoms with Gasteiger partial charge in [-0.2, -0.15) is 0 Å². The first-order valence-corrected chi connectivity index (χ1v) is 6.90. The highest BCUT2D eigenvalue weighted by atomic mass is 32.2. The second-order valence-corrected chi connectivity index (χ2v) is 5.43. The Bertz CT molecular complexity index is 558. The number of anilines is 1. The maximum absolute atomic E-state index is 12.0. The molecule has 0 bridgehead atoms. The zero-order chi connectivity index (χ0) is 14.5. The second-order valence-electron chi connectivity index (χ2n) is 3.70. The number of nitrogens with two attached hydrogens (primary N) is 1. The highest BCUT2D eigenvalue weighted by Gasteiger charge is 2.27. The van der Waals surface area contributed by atoms with Gasteiger partial charge in [0.05, 0.1) is 4.92 Å². The van der Waals surface area contributed by atoms with Crippen LogP contribution in [0.2, 0.25) is 0 Å². The Labute approximate surface area is 110 Å². The van der Waals surface area contributed by atoms with Crippen LogP contribution in [0.1, 0.15) is 6.42 Å². The zero-order valence-electron chi connectivity index (χ0n) is 10.3. The van der Waals surface area contributed by atoms with Crippen LogP contribution in [0.4, 0.5) is 11.4 Å². The highest BCUT2D eigenvalue weighted by Crippen LogP contribution is 2.29. The van der Waals surface area contributed by atoms with Gasteiger partial charge in [0.2, 0.25) is 10.0 Å². The van der Waals surface area contributed by atoms with E-state index in [-0.39, 0.29) is 12.2 Å². The van der Waals surface area contributed by atoms with Crippen molar-refractivity contribution >= 4 is 21.4 Å². The summed E-state index contributed by atoms with van der Waals surface area (Å²) in [6.07, 6.45) is 0.464. The van der Waals surface area contributed by atoms with Crippen molar-refractivity contribution in [2.75, 3.05) is 26.0 Å². The Morgan fingerprint density at radius 2 is 2.16 bits per heavy atom. The number of rotatable bonds is 7. The summed E-state index contributed by atoms with van der Waals surface area (Å²) in [5.41, 5.74) is 4.64. The summed E-state index contributed by atoms with van der Waals surface area (Å²) in [4.78, 5) is 9.64. The Hall–Kier alpha value is -1.71. The van der Waals surface area contributed by atoms with Crippen LogP contribution in [0.3, 0.4) is 0 Å². The molecule has 1 rings (SSSR count). The molecule has 0 saturated carbocycles. The molecule has 0 aliphatic heterocycles. The lowest BCUT2D eigenvalue weighted by Crippen LogP contribution is -2.26. The van der Waals surface area contributed by atoms with E-state index in [9.17, 15) is 18.5 Å². The molecule has 1 aromatic rings. The molecule has 1 aromatic carbocycles. The Morgan fingerprint density at radius 3 is 2.74 bits per heavy atom. The number of nitrogen functional groups attached to an aromatic ring is 1. The van der Waals surface area contributed by atoms with Crippen molar-refractivity contribution in [3.8, 4) is 0 Å². The van der Waals surface area contributed by atoms with Gasteiger partial charge in [0.15, 0.2) is 4.90 Å². The maximum atomic E-state index is 12.0. The van der Waals surface area contributed by atoms with Crippen molar-refractivity contribution < 1.29 is 18.1 Å². The van der Waals surface area contributed by atoms with E-state index in [4.69, 9.17) is 10.5 Å². The SMILES string of the molecule is COCCCNS(=O)(=O)c1cccc(N)c1[N+](=O)[O-]. The van der Waals surface area contributed by atoms with Crippen LogP contribution in [0.5, 0.6) is 0 Å². The van der Waals surface area contributed by atoms with Crippen molar-refractivity contribution in [1.29, 1.82) is 0 Å². The Morgan fingerprint density at radius 1 is 1.47 bits per heavy atom. The minimum absolute atomic E-state index is 0.127. The summed E-state index contributed by atoms with van der Waals surface area (Å²) in [6.45, 7) is 0.518. The molecule has 19 heavy (non-hydrogen) atoms. The third-order valence-corrected chi connectivity index (χ3v) is 3.81. The lowest BCUT2D eigenvalue weighted by molar-refractivity contribution is -0.386. The van der Waals surface area contributed by atoms with Gasteiger partial charge in [-0.25, -0.2) is 13.1 Å². The van der Waals surface area contributed by atoms with Gasteiger partial charge in [0.1, 0.15) is 5.69 Å². The monoisotopic (exact) mass is 289 g/mol. The number of nitro groups is 1. The van der Waals surface area contributed by atoms with E-state index in [1.807, 2.05) is 0 Å². The number of methoxy groups -OCH3 is 1. The topological polar surface area (TPSA) is 125 Å². The van der Waals surface area contributed by atoms with Crippen molar-refractivity contribution in [2.45, 2.75) is 11.3 Å². The first kappa shape index (κ1) is 15.3. The summed E-state index contributed by atoms with van der Waals surface area (Å²) < 4.78 is 31.0. The van der Waals surface area contributed by atoms with Gasteiger partial charge in [0.25, 0.3) is 0 Å². The molecule has 0 amide bonds. The summed E-state index contributed by atoms with van der Waals surface area (Å²) in [6, 6.07) is 3.78. The van der Waals surface area contributed by atoms with Crippen LogP contribution in [-0.4, -0.2) is 33.6 Å². The lowest BCUT2D eigenvalue weighted by atomic mass is 10.3. The van der Waals surface area contributed by atoms with Crippen molar-refractivity contribution in [1.82, 2.24) is 4.72 Å². The normalized spacial score (nSPS) is 11.4. The molecule has 0 unspecified atom stereocenters. The lowest BCUT2D eigenvalue weighted by Gasteiger charge is -2.08. The van der Waals surface area contributed by atoms with Gasteiger partial charge in [0, 0.05) is 20.3 Å². The number of hydrogen-bond acceptors (Lipinski definition) is 6. The molecular formula is C10H15N3O5S. The fourth-order valence-corrected chi connectivity index (χ4v) is 2.73. The summed E-state index contributed by atoms with van der Waals surface area (Å²) in [7, 11) is -2.47. The number of nitrogens with one attached hydrogen (secondary N) is 1. The number of hydrogen-bond donors (Lipinski definition) is 2. The van der Waals surface area contributed by atoms with Gasteiger partial charge >= 0.3 is 5.69 Å². The predicted molar refractivity (Wildman–Crippen MR) is 69.2 cm³/mol. The minimum atomic E-state index is -3.97. The predicted octanol–water partition coefficient (Wildman–Crippen LogP) is 0.492. The summed E-state index contributed by atoms with van der Waals surface area (Å²) in [5.74, 6) is 0. The quantitative estimate of drug-likeness (QED) is 0.326. The van der Waals surface area contributed by atoms with Gasteiger partial charge in [-0.1, -0.05) is 6.07 Å². The molecule has 106 valence electrons. The average Bonchev–Trinajstić information content (AvgIpc) is 2.34. The Kier molecular flexibility index (Phi) is 5.21. The van der Waals surface area contributed by atoms with Gasteiger partial charge in [-0.15, -0.1) is 0 Å². The standard InChI is InChI=1S/C10H15N3O5S/c1-18-7-3-6-12-19(16,17)9-5-2-4-8(11)10(9)13(14)15/h2,4-5,12H,3,6-7,11H2,1H3. The van der Waals surface area contributed by atoms with E-state index in [2.05, 4.69) is 4.72 Å². The first-order valence-electron chi connectivity index (χ1n) is 5.41. The molecule has 0 spiro atoms. The van der Waals surface area contributed by atoms with Crippen molar-refractivity contribution in [3.05, 3.63) is 28.3 Å². The molecule has 0 heterocycles. The van der Waals surface area contributed by atoms with Crippen LogP contribution in [0.15, 0.2) is 23.1 Å². The number of para-hydroxylation sites is 1. The second kappa shape index (κ2) is 6.45.